The van der Waals surface area contributed by atoms with Crippen LogP contribution in [0.5, 0.6) is 0 Å². The van der Waals surface area contributed by atoms with Gasteiger partial charge in [0.05, 0.1) is 0 Å². The third kappa shape index (κ3) is 1.53. The molecule has 0 aromatic heterocycles. The van der Waals surface area contributed by atoms with E-state index in [4.69, 9.17) is 5.11 Å². The molecule has 0 bridgehead atoms. The summed E-state index contributed by atoms with van der Waals surface area (Å²) in [5.41, 5.74) is 0.583. The second kappa shape index (κ2) is 3.30. The Balaban J connectivity index is 0.000000605. The van der Waals surface area contributed by atoms with Crippen molar-refractivity contribution in [2.75, 3.05) is 19.7 Å². The molecule has 2 nitrogen and oxygen atoms in total. The molecule has 3 heteroatoms. The average Bonchev–Trinajstić information content (AvgIpc) is 2.65. The molecular formula is C8H16ClNO. The zero-order chi connectivity index (χ0) is 7.03. The molecule has 1 spiro atoms. The Labute approximate surface area is 73.8 Å². The summed E-state index contributed by atoms with van der Waals surface area (Å²) in [7, 11) is 0. The van der Waals surface area contributed by atoms with Crippen LogP contribution in [-0.2, 0) is 0 Å². The predicted octanol–water partition coefficient (Wildman–Crippen LogP) is 0.790. The van der Waals surface area contributed by atoms with Crippen molar-refractivity contribution in [1.82, 2.24) is 5.32 Å². The Bertz CT molecular complexity index is 134. The molecule has 0 amide bonds. The topological polar surface area (TPSA) is 32.3 Å². The van der Waals surface area contributed by atoms with Crippen molar-refractivity contribution in [3.05, 3.63) is 0 Å². The fourth-order valence-corrected chi connectivity index (χ4v) is 2.23. The molecule has 1 heterocycles. The van der Waals surface area contributed by atoms with Crippen LogP contribution in [0.15, 0.2) is 0 Å². The molecule has 1 saturated carbocycles. The smallest absolute Gasteiger partial charge is 0.0464 e. The molecule has 2 rings (SSSR count). The number of aliphatic hydroxyl groups excluding tert-OH is 1. The highest BCUT2D eigenvalue weighted by molar-refractivity contribution is 5.85. The van der Waals surface area contributed by atoms with Crippen molar-refractivity contribution in [3.63, 3.8) is 0 Å². The van der Waals surface area contributed by atoms with Gasteiger partial charge in [0.25, 0.3) is 0 Å². The number of nitrogens with one attached hydrogen (secondary N) is 1. The number of hydrogen-bond donors (Lipinski definition) is 2. The van der Waals surface area contributed by atoms with Crippen molar-refractivity contribution < 1.29 is 5.11 Å². The van der Waals surface area contributed by atoms with Gasteiger partial charge in [0.2, 0.25) is 0 Å². The molecule has 11 heavy (non-hydrogen) atoms. The van der Waals surface area contributed by atoms with E-state index in [1.54, 1.807) is 0 Å². The van der Waals surface area contributed by atoms with E-state index in [2.05, 4.69) is 5.32 Å². The number of halogens is 1. The van der Waals surface area contributed by atoms with Crippen molar-refractivity contribution in [1.29, 1.82) is 0 Å². The van der Waals surface area contributed by atoms with E-state index in [1.165, 1.54) is 19.3 Å². The van der Waals surface area contributed by atoms with Gasteiger partial charge < -0.3 is 10.4 Å². The molecule has 2 N–H and O–H groups in total. The van der Waals surface area contributed by atoms with Crippen LogP contribution in [0.3, 0.4) is 0 Å². The zero-order valence-electron chi connectivity index (χ0n) is 6.68. The fraction of sp³-hybridized carbons (Fsp3) is 1.00. The van der Waals surface area contributed by atoms with Gasteiger partial charge in [-0.2, -0.15) is 0 Å². The summed E-state index contributed by atoms with van der Waals surface area (Å²) in [6.07, 6.45) is 3.86. The highest BCUT2D eigenvalue weighted by atomic mass is 35.5. The lowest BCUT2D eigenvalue weighted by Gasteiger charge is -2.22. The van der Waals surface area contributed by atoms with Crippen LogP contribution in [0, 0.1) is 11.3 Å². The second-order valence-electron chi connectivity index (χ2n) is 3.70. The molecule has 1 saturated heterocycles. The van der Waals surface area contributed by atoms with Gasteiger partial charge in [0.1, 0.15) is 0 Å². The van der Waals surface area contributed by atoms with Gasteiger partial charge >= 0.3 is 0 Å². The van der Waals surface area contributed by atoms with E-state index in [1.807, 2.05) is 0 Å². The Kier molecular flexibility index (Phi) is 2.79. The monoisotopic (exact) mass is 177 g/mol. The summed E-state index contributed by atoms with van der Waals surface area (Å²) < 4.78 is 0. The minimum Gasteiger partial charge on any atom is -0.396 e. The third-order valence-corrected chi connectivity index (χ3v) is 3.18. The molecule has 1 unspecified atom stereocenters. The molecule has 2 aliphatic rings. The second-order valence-corrected chi connectivity index (χ2v) is 3.70. The van der Waals surface area contributed by atoms with E-state index in [0.29, 0.717) is 17.9 Å². The lowest BCUT2D eigenvalue weighted by molar-refractivity contribution is 0.227. The first kappa shape index (κ1) is 9.30. The first-order chi connectivity index (χ1) is 4.87. The van der Waals surface area contributed by atoms with Gasteiger partial charge in [-0.25, -0.2) is 0 Å². The third-order valence-electron chi connectivity index (χ3n) is 3.18. The van der Waals surface area contributed by atoms with Crippen LogP contribution in [0.25, 0.3) is 0 Å². The first-order valence-electron chi connectivity index (χ1n) is 4.19. The van der Waals surface area contributed by atoms with Gasteiger partial charge in [-0.05, 0) is 43.7 Å². The van der Waals surface area contributed by atoms with Crippen LogP contribution in [-0.4, -0.2) is 24.8 Å². The molecule has 2 fully saturated rings. The summed E-state index contributed by atoms with van der Waals surface area (Å²) in [6.45, 7) is 2.74. The fourth-order valence-electron chi connectivity index (χ4n) is 2.23. The number of rotatable bonds is 1. The largest absolute Gasteiger partial charge is 0.396 e. The Morgan fingerprint density at radius 3 is 2.45 bits per heavy atom. The van der Waals surface area contributed by atoms with E-state index in [0.717, 1.165) is 13.1 Å². The van der Waals surface area contributed by atoms with Crippen molar-refractivity contribution in [3.8, 4) is 0 Å². The minimum atomic E-state index is 0. The maximum Gasteiger partial charge on any atom is 0.0464 e. The van der Waals surface area contributed by atoms with Gasteiger partial charge in [-0.15, -0.1) is 12.4 Å². The minimum absolute atomic E-state index is 0. The molecule has 1 aliphatic heterocycles. The van der Waals surface area contributed by atoms with Crippen molar-refractivity contribution in [2.45, 2.75) is 19.3 Å². The Morgan fingerprint density at radius 1 is 1.36 bits per heavy atom. The SMILES string of the molecule is Cl.OCC1CC12CCNCC2. The lowest BCUT2D eigenvalue weighted by Crippen LogP contribution is -2.30. The maximum atomic E-state index is 8.90. The van der Waals surface area contributed by atoms with Gasteiger partial charge in [0, 0.05) is 6.61 Å². The standard InChI is InChI=1S/C8H15NO.ClH/c10-6-7-5-8(7)1-3-9-4-2-8;/h7,9-10H,1-6H2;1H. The van der Waals surface area contributed by atoms with E-state index >= 15 is 0 Å². The lowest BCUT2D eigenvalue weighted by atomic mass is 9.92. The molecular weight excluding hydrogens is 162 g/mol. The molecule has 66 valence electrons. The molecule has 0 aromatic carbocycles. The Hall–Kier alpha value is 0.210. The average molecular weight is 178 g/mol. The van der Waals surface area contributed by atoms with Gasteiger partial charge in [-0.1, -0.05) is 0 Å². The van der Waals surface area contributed by atoms with Crippen LogP contribution in [0.4, 0.5) is 0 Å². The number of piperidine rings is 1. The summed E-state index contributed by atoms with van der Waals surface area (Å²) in [6, 6.07) is 0. The Morgan fingerprint density at radius 2 is 2.00 bits per heavy atom. The van der Waals surface area contributed by atoms with E-state index in [9.17, 15) is 0 Å². The molecule has 1 atom stereocenters. The summed E-state index contributed by atoms with van der Waals surface area (Å²) in [5.74, 6) is 0.648. The maximum absolute atomic E-state index is 8.90. The highest BCUT2D eigenvalue weighted by Crippen LogP contribution is 2.57. The van der Waals surface area contributed by atoms with Crippen LogP contribution in [0.2, 0.25) is 0 Å². The van der Waals surface area contributed by atoms with Crippen molar-refractivity contribution >= 4 is 12.4 Å². The zero-order valence-corrected chi connectivity index (χ0v) is 7.49. The van der Waals surface area contributed by atoms with Crippen LogP contribution < -0.4 is 5.32 Å². The normalized spacial score (nSPS) is 33.0. The highest BCUT2D eigenvalue weighted by Gasteiger charge is 2.52. The van der Waals surface area contributed by atoms with Crippen LogP contribution in [0.1, 0.15) is 19.3 Å². The summed E-state index contributed by atoms with van der Waals surface area (Å²) >= 11 is 0. The predicted molar refractivity (Wildman–Crippen MR) is 47.0 cm³/mol. The molecule has 0 aromatic rings. The molecule has 1 aliphatic carbocycles. The van der Waals surface area contributed by atoms with Gasteiger partial charge in [0.15, 0.2) is 0 Å². The van der Waals surface area contributed by atoms with Gasteiger partial charge in [-0.3, -0.25) is 0 Å². The van der Waals surface area contributed by atoms with E-state index < -0.39 is 0 Å². The van der Waals surface area contributed by atoms with Crippen molar-refractivity contribution in [2.24, 2.45) is 11.3 Å². The molecule has 0 radical (unpaired) electrons. The number of hydrogen-bond acceptors (Lipinski definition) is 2. The van der Waals surface area contributed by atoms with E-state index in [-0.39, 0.29) is 12.4 Å². The summed E-state index contributed by atoms with van der Waals surface area (Å²) in [4.78, 5) is 0. The quantitative estimate of drug-likeness (QED) is 0.621. The summed E-state index contributed by atoms with van der Waals surface area (Å²) in [5, 5.41) is 12.2. The first-order valence-corrected chi connectivity index (χ1v) is 4.19. The number of aliphatic hydroxyl groups is 1. The van der Waals surface area contributed by atoms with Crippen LogP contribution >= 0.6 is 12.4 Å².